The highest BCUT2D eigenvalue weighted by Crippen LogP contribution is 2.21. The number of carbonyl (C=O) groups excluding carboxylic acids is 3. The van der Waals surface area contributed by atoms with Crippen molar-refractivity contribution in [2.24, 2.45) is 0 Å². The van der Waals surface area contributed by atoms with Crippen LogP contribution in [0.15, 0.2) is 16.2 Å². The van der Waals surface area contributed by atoms with Gasteiger partial charge in [-0.25, -0.2) is 9.78 Å². The minimum Gasteiger partial charge on any atom is -0.444 e. The zero-order valence-electron chi connectivity index (χ0n) is 14.2. The van der Waals surface area contributed by atoms with Gasteiger partial charge < -0.3 is 19.8 Å². The maximum Gasteiger partial charge on any atom is 0.407 e. The first-order chi connectivity index (χ1) is 11.2. The fourth-order valence-electron chi connectivity index (χ4n) is 2.03. The van der Waals surface area contributed by atoms with Crippen molar-refractivity contribution in [2.75, 3.05) is 13.1 Å². The number of hydrogen-bond donors (Lipinski definition) is 2. The molecule has 0 unspecified atom stereocenters. The lowest BCUT2D eigenvalue weighted by molar-refractivity contribution is 0.0528. The number of alkyl carbamates (subject to hydrolysis) is 1. The molecule has 8 heteroatoms. The highest BCUT2D eigenvalue weighted by molar-refractivity contribution is 6.22. The van der Waals surface area contributed by atoms with Crippen molar-refractivity contribution < 1.29 is 23.5 Å². The Morgan fingerprint density at radius 1 is 1.29 bits per heavy atom. The highest BCUT2D eigenvalue weighted by atomic mass is 16.6. The van der Waals surface area contributed by atoms with Crippen molar-refractivity contribution in [1.29, 1.82) is 0 Å². The van der Waals surface area contributed by atoms with Gasteiger partial charge in [0.15, 0.2) is 11.6 Å². The van der Waals surface area contributed by atoms with E-state index in [0.717, 1.165) is 0 Å². The molecule has 1 heterocycles. The molecule has 8 nitrogen and oxygen atoms in total. The summed E-state index contributed by atoms with van der Waals surface area (Å²) in [7, 11) is 0. The maximum atomic E-state index is 12.3. The van der Waals surface area contributed by atoms with Crippen molar-refractivity contribution >= 4 is 17.7 Å². The quantitative estimate of drug-likeness (QED) is 0.786. The van der Waals surface area contributed by atoms with Crippen LogP contribution in [-0.2, 0) is 11.2 Å². The summed E-state index contributed by atoms with van der Waals surface area (Å²) < 4.78 is 10.4. The van der Waals surface area contributed by atoms with E-state index in [0.29, 0.717) is 12.3 Å². The molecule has 0 saturated carbocycles. The lowest BCUT2D eigenvalue weighted by Gasteiger charge is -2.20. The number of hydrogen-bond acceptors (Lipinski definition) is 7. The predicted octanol–water partition coefficient (Wildman–Crippen LogP) is 1.61. The number of aryl methyl sites for hydroxylation is 1. The van der Waals surface area contributed by atoms with Gasteiger partial charge in [-0.05, 0) is 20.8 Å². The van der Waals surface area contributed by atoms with E-state index in [1.165, 1.54) is 6.08 Å². The molecule has 2 N–H and O–H groups in total. The first kappa shape index (κ1) is 17.7. The van der Waals surface area contributed by atoms with Gasteiger partial charge in [0, 0.05) is 25.6 Å². The molecule has 0 spiro atoms. The lowest BCUT2D eigenvalue weighted by Crippen LogP contribution is -2.37. The summed E-state index contributed by atoms with van der Waals surface area (Å²) >= 11 is 0. The Bertz CT molecular complexity index is 697. The van der Waals surface area contributed by atoms with Gasteiger partial charge in [0.05, 0.1) is 5.70 Å². The average molecular weight is 335 g/mol. The van der Waals surface area contributed by atoms with Crippen LogP contribution < -0.4 is 10.6 Å². The molecule has 1 aromatic rings. The standard InChI is InChI=1S/C16H21N3O5/c1-5-11-19-12-10(20)8-9(13(21)14(12)23-11)17-6-7-18-15(22)24-16(2,3)4/h8,17H,5-7H2,1-4H3,(H,18,22). The van der Waals surface area contributed by atoms with Crippen molar-refractivity contribution in [3.63, 3.8) is 0 Å². The number of Topliss-reactive ketones (excluding diaryl/α,β-unsaturated/α-hetero) is 1. The largest absolute Gasteiger partial charge is 0.444 e. The third kappa shape index (κ3) is 4.21. The molecule has 0 aromatic carbocycles. The van der Waals surface area contributed by atoms with Crippen molar-refractivity contribution in [3.8, 4) is 0 Å². The average Bonchev–Trinajstić information content (AvgIpc) is 2.91. The van der Waals surface area contributed by atoms with Crippen LogP contribution in [0.4, 0.5) is 4.79 Å². The summed E-state index contributed by atoms with van der Waals surface area (Å²) in [6.07, 6.45) is 1.14. The number of aromatic nitrogens is 1. The Balaban J connectivity index is 1.89. The van der Waals surface area contributed by atoms with Gasteiger partial charge in [-0.1, -0.05) is 6.92 Å². The molecular weight excluding hydrogens is 314 g/mol. The van der Waals surface area contributed by atoms with E-state index in [4.69, 9.17) is 9.15 Å². The van der Waals surface area contributed by atoms with Crippen molar-refractivity contribution in [3.05, 3.63) is 29.1 Å². The minimum absolute atomic E-state index is 0.0399. The molecule has 0 radical (unpaired) electrons. The number of ether oxygens (including phenoxy) is 1. The molecule has 0 aliphatic heterocycles. The summed E-state index contributed by atoms with van der Waals surface area (Å²) in [5.41, 5.74) is -0.405. The van der Waals surface area contributed by atoms with E-state index in [1.807, 2.05) is 6.92 Å². The fourth-order valence-corrected chi connectivity index (χ4v) is 2.03. The number of fused-ring (bicyclic) bond motifs is 1. The molecule has 0 atom stereocenters. The molecule has 2 rings (SSSR count). The Morgan fingerprint density at radius 2 is 2.00 bits per heavy atom. The van der Waals surface area contributed by atoms with E-state index in [9.17, 15) is 14.4 Å². The lowest BCUT2D eigenvalue weighted by atomic mass is 10.0. The topological polar surface area (TPSA) is 111 Å². The second kappa shape index (κ2) is 6.86. The van der Waals surface area contributed by atoms with Gasteiger partial charge in [0.25, 0.3) is 0 Å². The molecule has 0 saturated heterocycles. The summed E-state index contributed by atoms with van der Waals surface area (Å²) in [6, 6.07) is 0. The number of nitrogens with one attached hydrogen (secondary N) is 2. The second-order valence-electron chi connectivity index (χ2n) is 6.25. The van der Waals surface area contributed by atoms with Gasteiger partial charge in [0.1, 0.15) is 5.60 Å². The third-order valence-corrected chi connectivity index (χ3v) is 3.04. The number of nitrogens with zero attached hydrogens (tertiary/aromatic N) is 1. The number of ketones is 2. The van der Waals surface area contributed by atoms with Gasteiger partial charge in [0.2, 0.25) is 17.3 Å². The van der Waals surface area contributed by atoms with E-state index < -0.39 is 17.5 Å². The minimum atomic E-state index is -0.578. The molecule has 1 amide bonds. The molecule has 1 aromatic heterocycles. The predicted molar refractivity (Wildman–Crippen MR) is 84.9 cm³/mol. The fraction of sp³-hybridized carbons (Fsp3) is 0.500. The molecule has 130 valence electrons. The van der Waals surface area contributed by atoms with Gasteiger partial charge in [-0.15, -0.1) is 0 Å². The molecule has 1 aliphatic rings. The highest BCUT2D eigenvalue weighted by Gasteiger charge is 2.31. The van der Waals surface area contributed by atoms with Gasteiger partial charge in [-0.2, -0.15) is 0 Å². The smallest absolute Gasteiger partial charge is 0.407 e. The third-order valence-electron chi connectivity index (χ3n) is 3.04. The Morgan fingerprint density at radius 3 is 2.62 bits per heavy atom. The number of amides is 1. The van der Waals surface area contributed by atoms with Crippen LogP contribution in [0.3, 0.4) is 0 Å². The monoisotopic (exact) mass is 335 g/mol. The van der Waals surface area contributed by atoms with E-state index in [-0.39, 0.29) is 36.0 Å². The molecule has 0 bridgehead atoms. The summed E-state index contributed by atoms with van der Waals surface area (Å²) in [5, 5.41) is 5.38. The first-order valence-corrected chi connectivity index (χ1v) is 7.72. The van der Waals surface area contributed by atoms with Crippen LogP contribution in [0.1, 0.15) is 54.6 Å². The van der Waals surface area contributed by atoms with Crippen LogP contribution in [0.25, 0.3) is 0 Å². The van der Waals surface area contributed by atoms with Crippen LogP contribution >= 0.6 is 0 Å². The Labute approximate surface area is 139 Å². The number of allylic oxidation sites excluding steroid dienone is 2. The number of rotatable bonds is 5. The second-order valence-corrected chi connectivity index (χ2v) is 6.25. The van der Waals surface area contributed by atoms with Crippen LogP contribution in [-0.4, -0.2) is 41.3 Å². The Hall–Kier alpha value is -2.64. The first-order valence-electron chi connectivity index (χ1n) is 7.72. The zero-order valence-corrected chi connectivity index (χ0v) is 14.2. The molecular formula is C16H21N3O5. The van der Waals surface area contributed by atoms with Crippen LogP contribution in [0.5, 0.6) is 0 Å². The van der Waals surface area contributed by atoms with Crippen molar-refractivity contribution in [2.45, 2.75) is 39.7 Å². The summed E-state index contributed by atoms with van der Waals surface area (Å²) in [4.78, 5) is 39.8. The van der Waals surface area contributed by atoms with E-state index in [2.05, 4.69) is 15.6 Å². The number of carbonyl (C=O) groups is 3. The maximum absolute atomic E-state index is 12.3. The van der Waals surface area contributed by atoms with E-state index >= 15 is 0 Å². The van der Waals surface area contributed by atoms with Crippen LogP contribution in [0.2, 0.25) is 0 Å². The van der Waals surface area contributed by atoms with E-state index in [1.54, 1.807) is 20.8 Å². The summed E-state index contributed by atoms with van der Waals surface area (Å²) in [6.45, 7) is 7.61. The normalized spacial score (nSPS) is 14.1. The molecule has 24 heavy (non-hydrogen) atoms. The SMILES string of the molecule is CCc1nc2c(o1)C(=O)C(NCCNC(=O)OC(C)(C)C)=CC2=O. The molecule has 1 aliphatic carbocycles. The van der Waals surface area contributed by atoms with Gasteiger partial charge >= 0.3 is 6.09 Å². The number of oxazole rings is 1. The molecule has 0 fully saturated rings. The van der Waals surface area contributed by atoms with Crippen LogP contribution in [0, 0.1) is 0 Å². The zero-order chi connectivity index (χ0) is 17.9. The summed E-state index contributed by atoms with van der Waals surface area (Å²) in [5.74, 6) is -0.491. The van der Waals surface area contributed by atoms with Crippen molar-refractivity contribution in [1.82, 2.24) is 15.6 Å². The Kier molecular flexibility index (Phi) is 5.06. The van der Waals surface area contributed by atoms with Gasteiger partial charge in [-0.3, -0.25) is 9.59 Å².